The molecule has 94 valence electrons. The Balaban J connectivity index is 2.20. The van der Waals surface area contributed by atoms with E-state index in [1.165, 1.54) is 5.56 Å². The largest absolute Gasteiger partial charge is 0.289 e. The molecule has 0 fully saturated rings. The molecule has 0 saturated carbocycles. The molecule has 2 aromatic rings. The van der Waals surface area contributed by atoms with E-state index >= 15 is 0 Å². The van der Waals surface area contributed by atoms with Crippen LogP contribution in [0.4, 0.5) is 0 Å². The summed E-state index contributed by atoms with van der Waals surface area (Å²) in [6.07, 6.45) is 1.06. The highest BCUT2D eigenvalue weighted by atomic mass is 32.1. The Morgan fingerprint density at radius 1 is 1.17 bits per heavy atom. The quantitative estimate of drug-likeness (QED) is 0.739. The Morgan fingerprint density at radius 2 is 1.83 bits per heavy atom. The number of aryl methyl sites for hydroxylation is 1. The number of benzene rings is 1. The van der Waals surface area contributed by atoms with Gasteiger partial charge in [-0.15, -0.1) is 0 Å². The van der Waals surface area contributed by atoms with Crippen molar-refractivity contribution in [3.63, 3.8) is 0 Å². The van der Waals surface area contributed by atoms with Crippen LogP contribution >= 0.6 is 11.3 Å². The van der Waals surface area contributed by atoms with Gasteiger partial charge in [-0.05, 0) is 35.8 Å². The van der Waals surface area contributed by atoms with Crippen LogP contribution in [0.15, 0.2) is 35.0 Å². The van der Waals surface area contributed by atoms with Crippen molar-refractivity contribution in [3.8, 4) is 0 Å². The molecule has 0 N–H and O–H groups in total. The number of carbonyl (C=O) groups excluding carboxylic acids is 1. The SMILES string of the molecule is Cc1cscc1C(=O)c1ccc(CC(C)C)cc1. The first kappa shape index (κ1) is 13.0. The van der Waals surface area contributed by atoms with Crippen LogP contribution in [0.25, 0.3) is 0 Å². The van der Waals surface area contributed by atoms with Crippen molar-refractivity contribution in [2.24, 2.45) is 5.92 Å². The lowest BCUT2D eigenvalue weighted by atomic mass is 9.98. The molecule has 1 heterocycles. The predicted octanol–water partition coefficient (Wildman–Crippen LogP) is 4.49. The second kappa shape index (κ2) is 5.49. The Kier molecular flexibility index (Phi) is 3.97. The number of thiophene rings is 1. The van der Waals surface area contributed by atoms with Crippen LogP contribution in [0, 0.1) is 12.8 Å². The van der Waals surface area contributed by atoms with Gasteiger partial charge >= 0.3 is 0 Å². The summed E-state index contributed by atoms with van der Waals surface area (Å²) in [5, 5.41) is 3.94. The molecule has 0 saturated heterocycles. The zero-order valence-electron chi connectivity index (χ0n) is 11.1. The van der Waals surface area contributed by atoms with E-state index in [1.807, 2.05) is 29.8 Å². The zero-order valence-corrected chi connectivity index (χ0v) is 11.9. The van der Waals surface area contributed by atoms with Gasteiger partial charge in [0.1, 0.15) is 0 Å². The average Bonchev–Trinajstić information content (AvgIpc) is 2.75. The maximum absolute atomic E-state index is 12.3. The fraction of sp³-hybridized carbons (Fsp3) is 0.312. The fourth-order valence-corrected chi connectivity index (χ4v) is 2.84. The molecule has 1 nitrogen and oxygen atoms in total. The van der Waals surface area contributed by atoms with Crippen LogP contribution in [-0.2, 0) is 6.42 Å². The molecule has 1 aromatic carbocycles. The van der Waals surface area contributed by atoms with Gasteiger partial charge < -0.3 is 0 Å². The maximum atomic E-state index is 12.3. The highest BCUT2D eigenvalue weighted by molar-refractivity contribution is 7.08. The maximum Gasteiger partial charge on any atom is 0.194 e. The molecule has 1 aromatic heterocycles. The molecule has 0 spiro atoms. The smallest absolute Gasteiger partial charge is 0.194 e. The Hall–Kier alpha value is -1.41. The Labute approximate surface area is 112 Å². The van der Waals surface area contributed by atoms with E-state index in [9.17, 15) is 4.79 Å². The zero-order chi connectivity index (χ0) is 13.1. The van der Waals surface area contributed by atoms with Crippen molar-refractivity contribution >= 4 is 17.1 Å². The molecule has 0 atom stereocenters. The van der Waals surface area contributed by atoms with E-state index in [0.717, 1.165) is 23.1 Å². The van der Waals surface area contributed by atoms with Gasteiger partial charge in [0.15, 0.2) is 5.78 Å². The van der Waals surface area contributed by atoms with Gasteiger partial charge in [-0.2, -0.15) is 11.3 Å². The minimum atomic E-state index is 0.129. The molecule has 0 amide bonds. The van der Waals surface area contributed by atoms with Gasteiger partial charge in [0, 0.05) is 16.5 Å². The van der Waals surface area contributed by atoms with Crippen molar-refractivity contribution in [3.05, 3.63) is 57.3 Å². The first-order valence-corrected chi connectivity index (χ1v) is 7.18. The lowest BCUT2D eigenvalue weighted by Crippen LogP contribution is -2.02. The van der Waals surface area contributed by atoms with E-state index in [4.69, 9.17) is 0 Å². The van der Waals surface area contributed by atoms with Crippen LogP contribution < -0.4 is 0 Å². The molecule has 0 aliphatic carbocycles. The van der Waals surface area contributed by atoms with Gasteiger partial charge in [0.05, 0.1) is 0 Å². The van der Waals surface area contributed by atoms with E-state index < -0.39 is 0 Å². The summed E-state index contributed by atoms with van der Waals surface area (Å²) in [5.74, 6) is 0.774. The normalized spacial score (nSPS) is 10.9. The second-order valence-corrected chi connectivity index (χ2v) is 5.84. The summed E-state index contributed by atoms with van der Waals surface area (Å²) in [5.41, 5.74) is 3.97. The van der Waals surface area contributed by atoms with Gasteiger partial charge in [0.2, 0.25) is 0 Å². The summed E-state index contributed by atoms with van der Waals surface area (Å²) in [7, 11) is 0. The fourth-order valence-electron chi connectivity index (χ4n) is 2.01. The summed E-state index contributed by atoms with van der Waals surface area (Å²) in [6.45, 7) is 6.39. The van der Waals surface area contributed by atoms with Crippen LogP contribution in [0.5, 0.6) is 0 Å². The molecule has 2 heteroatoms. The molecule has 0 bridgehead atoms. The van der Waals surface area contributed by atoms with Crippen LogP contribution in [-0.4, -0.2) is 5.78 Å². The number of rotatable bonds is 4. The van der Waals surface area contributed by atoms with E-state index in [2.05, 4.69) is 26.0 Å². The summed E-state index contributed by atoms with van der Waals surface area (Å²) in [6, 6.07) is 8.01. The highest BCUT2D eigenvalue weighted by Gasteiger charge is 2.12. The van der Waals surface area contributed by atoms with Gasteiger partial charge in [0.25, 0.3) is 0 Å². The standard InChI is InChI=1S/C16H18OS/c1-11(2)8-13-4-6-14(7-5-13)16(17)15-10-18-9-12(15)3/h4-7,9-11H,8H2,1-3H3. The first-order chi connectivity index (χ1) is 8.58. The Morgan fingerprint density at radius 3 is 2.33 bits per heavy atom. The first-order valence-electron chi connectivity index (χ1n) is 6.24. The minimum Gasteiger partial charge on any atom is -0.289 e. The molecular formula is C16H18OS. The van der Waals surface area contributed by atoms with Gasteiger partial charge in [-0.3, -0.25) is 4.79 Å². The van der Waals surface area contributed by atoms with Gasteiger partial charge in [-0.1, -0.05) is 38.1 Å². The summed E-state index contributed by atoms with van der Waals surface area (Å²) < 4.78 is 0. The second-order valence-electron chi connectivity index (χ2n) is 5.09. The van der Waals surface area contributed by atoms with Crippen molar-refractivity contribution < 1.29 is 4.79 Å². The van der Waals surface area contributed by atoms with Crippen LogP contribution in [0.2, 0.25) is 0 Å². The summed E-state index contributed by atoms with van der Waals surface area (Å²) in [4.78, 5) is 12.3. The molecule has 18 heavy (non-hydrogen) atoms. The van der Waals surface area contributed by atoms with Crippen molar-refractivity contribution in [2.45, 2.75) is 27.2 Å². The minimum absolute atomic E-state index is 0.129. The van der Waals surface area contributed by atoms with Gasteiger partial charge in [-0.25, -0.2) is 0 Å². The third kappa shape index (κ3) is 2.88. The lowest BCUT2D eigenvalue weighted by molar-refractivity contribution is 0.103. The molecule has 0 aliphatic rings. The molecule has 0 unspecified atom stereocenters. The Bertz CT molecular complexity index is 534. The van der Waals surface area contributed by atoms with Crippen molar-refractivity contribution in [1.29, 1.82) is 0 Å². The number of hydrogen-bond acceptors (Lipinski definition) is 2. The molecule has 0 radical (unpaired) electrons. The average molecular weight is 258 g/mol. The predicted molar refractivity (Wildman–Crippen MR) is 77.5 cm³/mol. The molecular weight excluding hydrogens is 240 g/mol. The molecule has 2 rings (SSSR count). The van der Waals surface area contributed by atoms with Crippen LogP contribution in [0.3, 0.4) is 0 Å². The topological polar surface area (TPSA) is 17.1 Å². The van der Waals surface area contributed by atoms with E-state index in [1.54, 1.807) is 11.3 Å². The monoisotopic (exact) mass is 258 g/mol. The van der Waals surface area contributed by atoms with E-state index in [-0.39, 0.29) is 5.78 Å². The van der Waals surface area contributed by atoms with E-state index in [0.29, 0.717) is 5.92 Å². The van der Waals surface area contributed by atoms with Crippen LogP contribution in [0.1, 0.15) is 40.9 Å². The van der Waals surface area contributed by atoms with Crippen molar-refractivity contribution in [2.75, 3.05) is 0 Å². The third-order valence-corrected chi connectivity index (χ3v) is 3.82. The summed E-state index contributed by atoms with van der Waals surface area (Å²) >= 11 is 1.58. The van der Waals surface area contributed by atoms with Crippen molar-refractivity contribution in [1.82, 2.24) is 0 Å². The highest BCUT2D eigenvalue weighted by Crippen LogP contribution is 2.19. The number of hydrogen-bond donors (Lipinski definition) is 0. The molecule has 0 aliphatic heterocycles. The third-order valence-electron chi connectivity index (χ3n) is 2.96. The number of ketones is 1. The number of carbonyl (C=O) groups is 1. The lowest BCUT2D eigenvalue weighted by Gasteiger charge is -2.06.